The second-order valence-corrected chi connectivity index (χ2v) is 12.7. The molecule has 2 saturated heterocycles. The maximum absolute atomic E-state index is 14.3. The van der Waals surface area contributed by atoms with Crippen molar-refractivity contribution in [3.63, 3.8) is 0 Å². The summed E-state index contributed by atoms with van der Waals surface area (Å²) < 4.78 is 30.9. The Kier molecular flexibility index (Phi) is 7.34. The van der Waals surface area contributed by atoms with Crippen molar-refractivity contribution in [3.05, 3.63) is 71.8 Å². The Bertz CT molecular complexity index is 1210. The van der Waals surface area contributed by atoms with Crippen molar-refractivity contribution >= 4 is 25.4 Å². The lowest BCUT2D eigenvalue weighted by atomic mass is 9.89. The molecular weight excluding hydrogens is 495 g/mol. The van der Waals surface area contributed by atoms with Crippen LogP contribution in [0.25, 0.3) is 0 Å². The zero-order valence-corrected chi connectivity index (χ0v) is 22.6. The molecule has 2 heterocycles. The minimum Gasteiger partial charge on any atom is -0.458 e. The lowest BCUT2D eigenvalue weighted by Gasteiger charge is -2.51. The third kappa shape index (κ3) is 4.60. The van der Waals surface area contributed by atoms with E-state index in [4.69, 9.17) is 13.8 Å². The Hall–Kier alpha value is -3.00. The minimum atomic E-state index is -4.30. The topological polar surface area (TPSA) is 111 Å². The highest BCUT2D eigenvalue weighted by Crippen LogP contribution is 2.71. The van der Waals surface area contributed by atoms with Crippen LogP contribution in [0.2, 0.25) is 0 Å². The summed E-state index contributed by atoms with van der Waals surface area (Å²) in [6.07, 6.45) is 0.354. The van der Waals surface area contributed by atoms with Gasteiger partial charge in [-0.15, -0.1) is 0 Å². The first-order valence-corrected chi connectivity index (χ1v) is 13.7. The van der Waals surface area contributed by atoms with Crippen LogP contribution in [0.4, 0.5) is 0 Å². The van der Waals surface area contributed by atoms with Crippen LogP contribution in [0.1, 0.15) is 44.2 Å². The van der Waals surface area contributed by atoms with E-state index < -0.39 is 48.4 Å². The minimum absolute atomic E-state index is 0.102. The summed E-state index contributed by atoms with van der Waals surface area (Å²) >= 11 is 0. The first-order chi connectivity index (χ1) is 17.5. The fourth-order valence-electron chi connectivity index (χ4n) is 5.38. The monoisotopic (exact) mass is 528 g/mol. The Balaban J connectivity index is 1.76. The van der Waals surface area contributed by atoms with Crippen LogP contribution in [0.5, 0.6) is 0 Å². The van der Waals surface area contributed by atoms with Crippen molar-refractivity contribution in [1.82, 2.24) is 10.2 Å². The van der Waals surface area contributed by atoms with E-state index in [-0.39, 0.29) is 18.7 Å². The van der Waals surface area contributed by atoms with E-state index in [1.165, 1.54) is 19.1 Å². The molecule has 0 saturated carbocycles. The number of β-lactam (4-membered cyclic amide) rings is 1. The predicted molar refractivity (Wildman–Crippen MR) is 137 cm³/mol. The van der Waals surface area contributed by atoms with Gasteiger partial charge in [0.15, 0.2) is 0 Å². The second kappa shape index (κ2) is 10.0. The lowest BCUT2D eigenvalue weighted by Crippen LogP contribution is -2.74. The summed E-state index contributed by atoms with van der Waals surface area (Å²) in [6, 6.07) is 16.7. The van der Waals surface area contributed by atoms with Gasteiger partial charge < -0.3 is 24.0 Å². The number of rotatable bonds is 8. The van der Waals surface area contributed by atoms with Gasteiger partial charge in [0.25, 0.3) is 0 Å². The van der Waals surface area contributed by atoms with Crippen LogP contribution in [0, 0.1) is 0 Å². The number of carbonyl (C=O) groups excluding carboxylic acids is 3. The van der Waals surface area contributed by atoms with Gasteiger partial charge in [-0.3, -0.25) is 14.2 Å². The fourth-order valence-corrected chi connectivity index (χ4v) is 7.50. The number of fused-ring (bicyclic) bond motifs is 1. The molecule has 2 aliphatic rings. The first kappa shape index (κ1) is 27.0. The fraction of sp³-hybridized carbons (Fsp3) is 0.444. The molecule has 2 amide bonds. The molecule has 198 valence electrons. The number of hydrogen-bond acceptors (Lipinski definition) is 7. The Morgan fingerprint density at radius 2 is 1.59 bits per heavy atom. The quantitative estimate of drug-likeness (QED) is 0.316. The molecule has 37 heavy (non-hydrogen) atoms. The van der Waals surface area contributed by atoms with E-state index in [2.05, 4.69) is 5.32 Å². The van der Waals surface area contributed by atoms with Crippen molar-refractivity contribution in [2.24, 2.45) is 0 Å². The summed E-state index contributed by atoms with van der Waals surface area (Å²) in [5.41, 5.74) is 0.551. The smallest absolute Gasteiger partial charge is 0.367 e. The van der Waals surface area contributed by atoms with E-state index >= 15 is 0 Å². The largest absolute Gasteiger partial charge is 0.458 e. The zero-order chi connectivity index (χ0) is 27.0. The molecule has 2 aromatic carbocycles. The number of amides is 2. The highest BCUT2D eigenvalue weighted by Gasteiger charge is 2.78. The van der Waals surface area contributed by atoms with Crippen LogP contribution in [-0.4, -0.2) is 59.9 Å². The van der Waals surface area contributed by atoms with Crippen LogP contribution >= 0.6 is 7.60 Å². The number of esters is 1. The van der Waals surface area contributed by atoms with Crippen LogP contribution in [-0.2, 0) is 39.2 Å². The van der Waals surface area contributed by atoms with Crippen molar-refractivity contribution in [3.8, 4) is 0 Å². The maximum atomic E-state index is 14.3. The average molecular weight is 529 g/mol. The Morgan fingerprint density at radius 1 is 1.03 bits per heavy atom. The van der Waals surface area contributed by atoms with Gasteiger partial charge in [-0.05, 0) is 38.3 Å². The number of hydrogen-bond donors (Lipinski definition) is 1. The number of nitrogens with one attached hydrogen (secondary N) is 1. The molecule has 9 nitrogen and oxygen atoms in total. The van der Waals surface area contributed by atoms with E-state index in [1.807, 2.05) is 36.4 Å². The average Bonchev–Trinajstić information content (AvgIpc) is 3.20. The Morgan fingerprint density at radius 3 is 2.14 bits per heavy atom. The van der Waals surface area contributed by atoms with E-state index in [0.29, 0.717) is 5.56 Å². The van der Waals surface area contributed by atoms with Gasteiger partial charge in [0.2, 0.25) is 17.1 Å². The van der Waals surface area contributed by atoms with E-state index in [0.717, 1.165) is 5.56 Å². The third-order valence-electron chi connectivity index (χ3n) is 6.87. The summed E-state index contributed by atoms with van der Waals surface area (Å²) in [7, 11) is -1.92. The molecule has 0 spiro atoms. The van der Waals surface area contributed by atoms with Gasteiger partial charge >= 0.3 is 13.6 Å². The number of nitrogens with zero attached hydrogens (tertiary/aromatic N) is 1. The second-order valence-electron chi connectivity index (χ2n) is 10.3. The summed E-state index contributed by atoms with van der Waals surface area (Å²) in [4.78, 5) is 41.7. The summed E-state index contributed by atoms with van der Waals surface area (Å²) in [5, 5.41) is 0.755. The van der Waals surface area contributed by atoms with Crippen LogP contribution in [0.3, 0.4) is 0 Å². The molecule has 2 aromatic rings. The first-order valence-electron chi connectivity index (χ1n) is 12.1. The van der Waals surface area contributed by atoms with Crippen LogP contribution in [0.15, 0.2) is 60.7 Å². The molecule has 0 bridgehead atoms. The normalized spacial score (nSPS) is 25.3. The van der Waals surface area contributed by atoms with Gasteiger partial charge in [0, 0.05) is 20.1 Å². The van der Waals surface area contributed by atoms with Crippen molar-refractivity contribution in [1.29, 1.82) is 0 Å². The van der Waals surface area contributed by atoms with Crippen molar-refractivity contribution in [2.45, 2.75) is 62.5 Å². The van der Waals surface area contributed by atoms with E-state index in [1.54, 1.807) is 45.0 Å². The van der Waals surface area contributed by atoms with Crippen molar-refractivity contribution in [2.75, 3.05) is 14.2 Å². The molecule has 1 N–H and O–H groups in total. The SMILES string of the molecule is COP(=O)(OC)C1(C(=O)OC(C)(C)C)C(c2ccccc2)C[C@@H]2[C@@H](NC(=O)Cc3ccccc3)C(=O)N21. The highest BCUT2D eigenvalue weighted by molar-refractivity contribution is 7.56. The van der Waals surface area contributed by atoms with Gasteiger partial charge in [-0.2, -0.15) is 0 Å². The molecule has 4 atom stereocenters. The molecule has 0 radical (unpaired) electrons. The molecular formula is C27H33N2O7P. The molecule has 0 aliphatic carbocycles. The summed E-state index contributed by atoms with van der Waals surface area (Å²) in [5.74, 6) is -2.49. The molecule has 2 unspecified atom stereocenters. The van der Waals surface area contributed by atoms with Gasteiger partial charge in [0.05, 0.1) is 12.5 Å². The Labute approximate surface area is 217 Å². The third-order valence-corrected chi connectivity index (χ3v) is 9.38. The number of benzene rings is 2. The predicted octanol–water partition coefficient (Wildman–Crippen LogP) is 3.64. The van der Waals surface area contributed by atoms with Gasteiger partial charge in [-0.25, -0.2) is 4.79 Å². The molecule has 2 aliphatic heterocycles. The van der Waals surface area contributed by atoms with Gasteiger partial charge in [-0.1, -0.05) is 60.7 Å². The zero-order valence-electron chi connectivity index (χ0n) is 21.7. The highest BCUT2D eigenvalue weighted by atomic mass is 31.2. The van der Waals surface area contributed by atoms with Crippen LogP contribution < -0.4 is 5.32 Å². The number of carbonyl (C=O) groups is 3. The standard InChI is InChI=1S/C27H33N2O7P/c1-26(2,3)36-25(32)27(37(33,34-4)35-5)20(19-14-10-7-11-15-19)17-21-23(24(31)29(21)27)28-22(30)16-18-12-8-6-9-13-18/h6-15,20-21,23H,16-17H2,1-5H3,(H,28,30)/t20?,21-,23-,27?/m1/s1. The van der Waals surface area contributed by atoms with Gasteiger partial charge in [0.1, 0.15) is 11.6 Å². The van der Waals surface area contributed by atoms with E-state index in [9.17, 15) is 18.9 Å². The molecule has 2 fully saturated rings. The maximum Gasteiger partial charge on any atom is 0.367 e. The number of ether oxygens (including phenoxy) is 1. The molecule has 4 rings (SSSR count). The lowest BCUT2D eigenvalue weighted by molar-refractivity contribution is -0.176. The van der Waals surface area contributed by atoms with Crippen molar-refractivity contribution < 1.29 is 32.7 Å². The summed E-state index contributed by atoms with van der Waals surface area (Å²) in [6.45, 7) is 5.08. The molecule has 0 aromatic heterocycles. The molecule has 10 heteroatoms.